The van der Waals surface area contributed by atoms with Crippen LogP contribution in [0.25, 0.3) is 0 Å². The maximum absolute atomic E-state index is 14.7. The van der Waals surface area contributed by atoms with Crippen molar-refractivity contribution in [3.8, 4) is 23.3 Å². The summed E-state index contributed by atoms with van der Waals surface area (Å²) in [6.07, 6.45) is 7.52. The van der Waals surface area contributed by atoms with Gasteiger partial charge in [-0.05, 0) is 49.9 Å². The van der Waals surface area contributed by atoms with Crippen LogP contribution in [-0.2, 0) is 19.1 Å². The van der Waals surface area contributed by atoms with Crippen LogP contribution in [-0.4, -0.2) is 82.9 Å². The highest BCUT2D eigenvalue weighted by atomic mass is 19.1. The van der Waals surface area contributed by atoms with E-state index < -0.39 is 47.7 Å². The third kappa shape index (κ3) is 16.7. The van der Waals surface area contributed by atoms with Gasteiger partial charge in [0.25, 0.3) is 0 Å². The SMILES string of the molecule is C=CC(=O)OCC(O)CCCCCCOc1ccc(C(=O)Oc2ccc(OC(=O)c3ccc(OCCCCCCC(O)COC(=O)C=C)cc3F)nn2)c(F)c1. The van der Waals surface area contributed by atoms with Gasteiger partial charge in [0.1, 0.15) is 36.3 Å². The highest BCUT2D eigenvalue weighted by Crippen LogP contribution is 2.22. The molecule has 14 nitrogen and oxygen atoms in total. The predicted molar refractivity (Wildman–Crippen MR) is 196 cm³/mol. The number of hydrogen-bond donors (Lipinski definition) is 2. The lowest BCUT2D eigenvalue weighted by Gasteiger charge is -2.11. The van der Waals surface area contributed by atoms with Crippen molar-refractivity contribution >= 4 is 23.9 Å². The molecule has 0 amide bonds. The first-order valence-corrected chi connectivity index (χ1v) is 18.1. The Morgan fingerprint density at radius 3 is 1.36 bits per heavy atom. The minimum atomic E-state index is -1.06. The summed E-state index contributed by atoms with van der Waals surface area (Å²) in [6, 6.07) is 9.67. The second kappa shape index (κ2) is 24.6. The molecular formula is C40H46F2N2O12. The number of unbranched alkanes of at least 4 members (excludes halogenated alkanes) is 6. The zero-order valence-electron chi connectivity index (χ0n) is 30.9. The van der Waals surface area contributed by atoms with Gasteiger partial charge in [0.15, 0.2) is 0 Å². The average molecular weight is 785 g/mol. The van der Waals surface area contributed by atoms with Crippen LogP contribution >= 0.6 is 0 Å². The van der Waals surface area contributed by atoms with E-state index in [4.69, 9.17) is 28.4 Å². The van der Waals surface area contributed by atoms with Gasteiger partial charge < -0.3 is 38.6 Å². The van der Waals surface area contributed by atoms with Crippen LogP contribution in [0.2, 0.25) is 0 Å². The van der Waals surface area contributed by atoms with Gasteiger partial charge in [0, 0.05) is 36.4 Å². The van der Waals surface area contributed by atoms with Gasteiger partial charge in [-0.15, -0.1) is 10.2 Å². The standard InChI is InChI=1S/C40H46F2N2O12/c1-3-37(47)53-25-27(45)13-9-5-7-11-21-51-29-15-17-31(33(41)23-29)39(49)55-35-19-20-36(44-43-35)56-40(50)32-18-16-30(24-34(32)42)52-22-12-8-6-10-14-28(46)26-54-38(48)4-2/h3-4,15-20,23-24,27-28,45-46H,1-2,5-14,21-22,25-26H2. The van der Waals surface area contributed by atoms with Gasteiger partial charge in [-0.2, -0.15) is 0 Å². The van der Waals surface area contributed by atoms with E-state index in [9.17, 15) is 38.2 Å². The van der Waals surface area contributed by atoms with Crippen molar-refractivity contribution in [3.63, 3.8) is 0 Å². The number of carbonyl (C=O) groups excluding carboxylic acids is 4. The van der Waals surface area contributed by atoms with E-state index in [1.165, 1.54) is 24.3 Å². The quantitative estimate of drug-likeness (QED) is 0.0545. The van der Waals surface area contributed by atoms with Crippen molar-refractivity contribution < 1.29 is 66.6 Å². The Balaban J connectivity index is 1.34. The van der Waals surface area contributed by atoms with Crippen LogP contribution < -0.4 is 18.9 Å². The largest absolute Gasteiger partial charge is 0.493 e. The zero-order valence-corrected chi connectivity index (χ0v) is 30.9. The second-order valence-corrected chi connectivity index (χ2v) is 12.4. The minimum Gasteiger partial charge on any atom is -0.493 e. The molecule has 3 rings (SSSR count). The molecule has 0 aliphatic heterocycles. The van der Waals surface area contributed by atoms with Crippen LogP contribution in [0.1, 0.15) is 84.9 Å². The Morgan fingerprint density at radius 1 is 0.607 bits per heavy atom. The highest BCUT2D eigenvalue weighted by molar-refractivity contribution is 5.92. The van der Waals surface area contributed by atoms with Crippen molar-refractivity contribution in [1.29, 1.82) is 0 Å². The minimum absolute atomic E-state index is 0.0845. The van der Waals surface area contributed by atoms with E-state index in [2.05, 4.69) is 23.4 Å². The molecule has 2 N–H and O–H groups in total. The number of hydrogen-bond acceptors (Lipinski definition) is 14. The summed E-state index contributed by atoms with van der Waals surface area (Å²) in [5.74, 6) is -5.24. The summed E-state index contributed by atoms with van der Waals surface area (Å²) in [5, 5.41) is 26.9. The maximum Gasteiger partial charge on any atom is 0.347 e. The summed E-state index contributed by atoms with van der Waals surface area (Å²) in [6.45, 7) is 7.02. The first-order valence-electron chi connectivity index (χ1n) is 18.1. The molecule has 0 saturated heterocycles. The number of ether oxygens (including phenoxy) is 6. The third-order valence-corrected chi connectivity index (χ3v) is 7.90. The smallest absolute Gasteiger partial charge is 0.347 e. The molecule has 0 radical (unpaired) electrons. The number of esters is 4. The molecule has 0 bridgehead atoms. The van der Waals surface area contributed by atoms with Crippen molar-refractivity contribution in [2.45, 2.75) is 76.4 Å². The Morgan fingerprint density at radius 2 is 1.00 bits per heavy atom. The van der Waals surface area contributed by atoms with Gasteiger partial charge in [0.05, 0.1) is 36.5 Å². The van der Waals surface area contributed by atoms with Gasteiger partial charge >= 0.3 is 23.9 Å². The summed E-state index contributed by atoms with van der Waals surface area (Å²) < 4.78 is 60.3. The van der Waals surface area contributed by atoms with E-state index in [1.54, 1.807) is 0 Å². The van der Waals surface area contributed by atoms with Crippen LogP contribution in [0.4, 0.5) is 8.78 Å². The Kier molecular flexibility index (Phi) is 19.6. The van der Waals surface area contributed by atoms with Gasteiger partial charge in [0.2, 0.25) is 11.8 Å². The molecule has 0 fully saturated rings. The molecule has 3 aromatic rings. The molecule has 56 heavy (non-hydrogen) atoms. The molecule has 2 atom stereocenters. The van der Waals surface area contributed by atoms with E-state index >= 15 is 0 Å². The fraction of sp³-hybridized carbons (Fsp3) is 0.400. The number of benzene rings is 2. The maximum atomic E-state index is 14.7. The molecule has 0 saturated carbocycles. The summed E-state index contributed by atoms with van der Waals surface area (Å²) in [4.78, 5) is 47.2. The molecule has 2 aromatic carbocycles. The van der Waals surface area contributed by atoms with Gasteiger partial charge in [-0.1, -0.05) is 51.7 Å². The summed E-state index contributed by atoms with van der Waals surface area (Å²) >= 11 is 0. The Hall–Kier alpha value is -5.74. The van der Waals surface area contributed by atoms with Crippen LogP contribution in [0.5, 0.6) is 23.3 Å². The molecule has 1 aromatic heterocycles. The highest BCUT2D eigenvalue weighted by Gasteiger charge is 2.19. The van der Waals surface area contributed by atoms with Crippen molar-refractivity contribution in [3.05, 3.63) is 96.6 Å². The molecule has 0 aliphatic rings. The Labute approximate surface area is 323 Å². The zero-order chi connectivity index (χ0) is 40.7. The number of nitrogens with zero attached hydrogens (tertiary/aromatic N) is 2. The molecule has 302 valence electrons. The van der Waals surface area contributed by atoms with E-state index in [-0.39, 0.29) is 47.6 Å². The number of aromatic nitrogens is 2. The summed E-state index contributed by atoms with van der Waals surface area (Å²) in [7, 11) is 0. The lowest BCUT2D eigenvalue weighted by atomic mass is 10.1. The van der Waals surface area contributed by atoms with Crippen LogP contribution in [0.15, 0.2) is 73.8 Å². The molecule has 2 unspecified atom stereocenters. The number of carbonyl (C=O) groups is 4. The Bertz CT molecular complexity index is 1630. The number of halogens is 2. The first kappa shape index (κ1) is 44.7. The van der Waals surface area contributed by atoms with E-state index in [1.807, 2.05) is 0 Å². The lowest BCUT2D eigenvalue weighted by Crippen LogP contribution is -2.17. The number of aliphatic hydroxyl groups is 2. The fourth-order valence-electron chi connectivity index (χ4n) is 4.91. The van der Waals surface area contributed by atoms with Crippen molar-refractivity contribution in [2.75, 3.05) is 26.4 Å². The molecular weight excluding hydrogens is 738 g/mol. The fourth-order valence-corrected chi connectivity index (χ4v) is 4.91. The lowest BCUT2D eigenvalue weighted by molar-refractivity contribution is -0.141. The van der Waals surface area contributed by atoms with Crippen LogP contribution in [0.3, 0.4) is 0 Å². The molecule has 0 spiro atoms. The molecule has 16 heteroatoms. The molecule has 1 heterocycles. The number of aliphatic hydroxyl groups excluding tert-OH is 2. The van der Waals surface area contributed by atoms with E-state index in [0.29, 0.717) is 38.9 Å². The predicted octanol–water partition coefficient (Wildman–Crippen LogP) is 6.03. The van der Waals surface area contributed by atoms with Gasteiger partial charge in [-0.3, -0.25) is 0 Å². The van der Waals surface area contributed by atoms with Gasteiger partial charge in [-0.25, -0.2) is 28.0 Å². The normalized spacial score (nSPS) is 11.8. The van der Waals surface area contributed by atoms with E-state index in [0.717, 1.165) is 74.9 Å². The topological polar surface area (TPSA) is 190 Å². The first-order chi connectivity index (χ1) is 27.0. The summed E-state index contributed by atoms with van der Waals surface area (Å²) in [5.41, 5.74) is -0.763. The van der Waals surface area contributed by atoms with Crippen LogP contribution in [0, 0.1) is 11.6 Å². The molecule has 0 aliphatic carbocycles. The number of rotatable bonds is 26. The second-order valence-electron chi connectivity index (χ2n) is 12.4. The third-order valence-electron chi connectivity index (χ3n) is 7.90. The van der Waals surface area contributed by atoms with Crippen molar-refractivity contribution in [1.82, 2.24) is 10.2 Å². The van der Waals surface area contributed by atoms with Crippen molar-refractivity contribution in [2.24, 2.45) is 0 Å². The average Bonchev–Trinajstić information content (AvgIpc) is 3.18. The monoisotopic (exact) mass is 784 g/mol.